The Morgan fingerprint density at radius 2 is 1.83 bits per heavy atom. The van der Waals surface area contributed by atoms with E-state index in [9.17, 15) is 9.59 Å². The summed E-state index contributed by atoms with van der Waals surface area (Å²) in [6.07, 6.45) is 0. The second kappa shape index (κ2) is 5.95. The number of nitrogens with one attached hydrogen (secondary N) is 1. The number of nitrogens with zero attached hydrogens (tertiary/aromatic N) is 1. The first-order valence-electron chi connectivity index (χ1n) is 7.77. The summed E-state index contributed by atoms with van der Waals surface area (Å²) in [5.74, 6) is -0.302. The van der Waals surface area contributed by atoms with Crippen LogP contribution in [0.1, 0.15) is 25.0 Å². The van der Waals surface area contributed by atoms with Crippen molar-refractivity contribution in [1.82, 2.24) is 0 Å². The average Bonchev–Trinajstić information content (AvgIpc) is 2.71. The summed E-state index contributed by atoms with van der Waals surface area (Å²) in [6, 6.07) is 12.8. The Kier molecular flexibility index (Phi) is 4.10. The van der Waals surface area contributed by atoms with E-state index in [2.05, 4.69) is 5.32 Å². The van der Waals surface area contributed by atoms with Gasteiger partial charge in [-0.2, -0.15) is 0 Å². The number of rotatable bonds is 3. The van der Waals surface area contributed by atoms with Crippen molar-refractivity contribution in [2.24, 2.45) is 0 Å². The Bertz CT molecular complexity index is 813. The highest BCUT2D eigenvalue weighted by Gasteiger charge is 2.44. The summed E-state index contributed by atoms with van der Waals surface area (Å²) in [5.41, 5.74) is 2.90. The SMILES string of the molecule is Cc1ccc2c(c1)C(C)(C)C(=O)N2CC(=O)Nc1ccc(Cl)cc1. The number of amides is 2. The lowest BCUT2D eigenvalue weighted by Crippen LogP contribution is -2.40. The number of anilines is 2. The zero-order chi connectivity index (χ0) is 17.5. The van der Waals surface area contributed by atoms with Gasteiger partial charge in [0, 0.05) is 16.4 Å². The van der Waals surface area contributed by atoms with E-state index in [1.165, 1.54) is 0 Å². The number of carbonyl (C=O) groups excluding carboxylic acids is 2. The van der Waals surface area contributed by atoms with E-state index in [1.54, 1.807) is 29.2 Å². The number of hydrogen-bond donors (Lipinski definition) is 1. The van der Waals surface area contributed by atoms with Crippen LogP contribution in [0.4, 0.5) is 11.4 Å². The van der Waals surface area contributed by atoms with Crippen molar-refractivity contribution in [1.29, 1.82) is 0 Å². The molecule has 0 radical (unpaired) electrons. The van der Waals surface area contributed by atoms with Crippen molar-refractivity contribution in [2.75, 3.05) is 16.8 Å². The minimum Gasteiger partial charge on any atom is -0.325 e. The lowest BCUT2D eigenvalue weighted by Gasteiger charge is -2.20. The molecular formula is C19H19ClN2O2. The molecule has 4 nitrogen and oxygen atoms in total. The first-order chi connectivity index (χ1) is 11.3. The van der Waals surface area contributed by atoms with Gasteiger partial charge in [-0.05, 0) is 56.7 Å². The van der Waals surface area contributed by atoms with Gasteiger partial charge >= 0.3 is 0 Å². The molecule has 1 aliphatic rings. The highest BCUT2D eigenvalue weighted by Crippen LogP contribution is 2.41. The van der Waals surface area contributed by atoms with Crippen molar-refractivity contribution in [3.8, 4) is 0 Å². The summed E-state index contributed by atoms with van der Waals surface area (Å²) in [4.78, 5) is 26.7. The van der Waals surface area contributed by atoms with Crippen molar-refractivity contribution in [3.63, 3.8) is 0 Å². The fraction of sp³-hybridized carbons (Fsp3) is 0.263. The van der Waals surface area contributed by atoms with Crippen LogP contribution in [-0.4, -0.2) is 18.4 Å². The molecule has 0 bridgehead atoms. The summed E-state index contributed by atoms with van der Waals surface area (Å²) >= 11 is 5.84. The van der Waals surface area contributed by atoms with E-state index < -0.39 is 5.41 Å². The molecule has 0 aromatic heterocycles. The smallest absolute Gasteiger partial charge is 0.244 e. The maximum atomic E-state index is 12.8. The zero-order valence-corrected chi connectivity index (χ0v) is 14.6. The highest BCUT2D eigenvalue weighted by atomic mass is 35.5. The Labute approximate surface area is 146 Å². The van der Waals surface area contributed by atoms with E-state index in [0.29, 0.717) is 10.7 Å². The van der Waals surface area contributed by atoms with Gasteiger partial charge in [-0.1, -0.05) is 29.3 Å². The topological polar surface area (TPSA) is 49.4 Å². The van der Waals surface area contributed by atoms with Gasteiger partial charge in [0.05, 0.1) is 5.41 Å². The van der Waals surface area contributed by atoms with E-state index in [1.807, 2.05) is 39.0 Å². The molecular weight excluding hydrogens is 324 g/mol. The van der Waals surface area contributed by atoms with Gasteiger partial charge in [-0.3, -0.25) is 9.59 Å². The summed E-state index contributed by atoms with van der Waals surface area (Å²) in [5, 5.41) is 3.40. The van der Waals surface area contributed by atoms with Crippen molar-refractivity contribution in [2.45, 2.75) is 26.2 Å². The van der Waals surface area contributed by atoms with Gasteiger partial charge in [0.15, 0.2) is 0 Å². The number of halogens is 1. The van der Waals surface area contributed by atoms with E-state index >= 15 is 0 Å². The fourth-order valence-corrected chi connectivity index (χ4v) is 3.11. The second-order valence-corrected chi connectivity index (χ2v) is 7.03. The first kappa shape index (κ1) is 16.5. The molecule has 2 aromatic rings. The molecule has 0 saturated carbocycles. The van der Waals surface area contributed by atoms with Gasteiger partial charge in [0.2, 0.25) is 11.8 Å². The van der Waals surface area contributed by atoms with Crippen molar-refractivity contribution < 1.29 is 9.59 Å². The molecule has 24 heavy (non-hydrogen) atoms. The number of hydrogen-bond acceptors (Lipinski definition) is 2. The third kappa shape index (κ3) is 2.89. The van der Waals surface area contributed by atoms with Crippen LogP contribution >= 0.6 is 11.6 Å². The van der Waals surface area contributed by atoms with Gasteiger partial charge in [-0.15, -0.1) is 0 Å². The van der Waals surface area contributed by atoms with Crippen LogP contribution in [-0.2, 0) is 15.0 Å². The number of carbonyl (C=O) groups is 2. The van der Waals surface area contributed by atoms with Gasteiger partial charge in [-0.25, -0.2) is 0 Å². The van der Waals surface area contributed by atoms with Crippen LogP contribution in [0.25, 0.3) is 0 Å². The summed E-state index contributed by atoms with van der Waals surface area (Å²) in [6.45, 7) is 5.77. The quantitative estimate of drug-likeness (QED) is 0.919. The number of benzene rings is 2. The maximum absolute atomic E-state index is 12.8. The molecule has 124 valence electrons. The molecule has 0 atom stereocenters. The van der Waals surface area contributed by atoms with Crippen LogP contribution in [0.15, 0.2) is 42.5 Å². The van der Waals surface area contributed by atoms with Crippen molar-refractivity contribution >= 4 is 34.8 Å². The van der Waals surface area contributed by atoms with Crippen molar-refractivity contribution in [3.05, 3.63) is 58.6 Å². The minimum atomic E-state index is -0.623. The standard InChI is InChI=1S/C19H19ClN2O2/c1-12-4-9-16-15(10-12)19(2,3)18(24)22(16)11-17(23)21-14-7-5-13(20)6-8-14/h4-10H,11H2,1-3H3,(H,21,23). The monoisotopic (exact) mass is 342 g/mol. The third-order valence-electron chi connectivity index (χ3n) is 4.33. The van der Waals surface area contributed by atoms with Crippen LogP contribution in [0.2, 0.25) is 5.02 Å². The molecule has 3 rings (SSSR count). The maximum Gasteiger partial charge on any atom is 0.244 e. The normalized spacial score (nSPS) is 15.3. The molecule has 2 aromatic carbocycles. The minimum absolute atomic E-state index is 0.0129. The molecule has 1 aliphatic heterocycles. The van der Waals surface area contributed by atoms with Crippen LogP contribution < -0.4 is 10.2 Å². The number of aryl methyl sites for hydroxylation is 1. The molecule has 0 unspecified atom stereocenters. The third-order valence-corrected chi connectivity index (χ3v) is 4.58. The predicted molar refractivity (Wildman–Crippen MR) is 96.6 cm³/mol. The van der Waals surface area contributed by atoms with Crippen LogP contribution in [0.5, 0.6) is 0 Å². The first-order valence-corrected chi connectivity index (χ1v) is 8.15. The highest BCUT2D eigenvalue weighted by molar-refractivity contribution is 6.30. The largest absolute Gasteiger partial charge is 0.325 e. The molecule has 1 N–H and O–H groups in total. The predicted octanol–water partition coefficient (Wildman–Crippen LogP) is 3.91. The molecule has 2 amide bonds. The van der Waals surface area contributed by atoms with E-state index in [-0.39, 0.29) is 18.4 Å². The molecule has 0 spiro atoms. The average molecular weight is 343 g/mol. The molecule has 1 heterocycles. The Hall–Kier alpha value is -2.33. The van der Waals surface area contributed by atoms with Crippen LogP contribution in [0.3, 0.4) is 0 Å². The molecule has 0 fully saturated rings. The Balaban J connectivity index is 1.81. The van der Waals surface area contributed by atoms with E-state index in [0.717, 1.165) is 16.8 Å². The van der Waals surface area contributed by atoms with Gasteiger partial charge in [0.25, 0.3) is 0 Å². The lowest BCUT2D eigenvalue weighted by atomic mass is 9.85. The number of fused-ring (bicyclic) bond motifs is 1. The molecule has 5 heteroatoms. The zero-order valence-electron chi connectivity index (χ0n) is 13.9. The molecule has 0 saturated heterocycles. The second-order valence-electron chi connectivity index (χ2n) is 6.59. The Morgan fingerprint density at radius 3 is 2.50 bits per heavy atom. The fourth-order valence-electron chi connectivity index (χ4n) is 2.98. The summed E-state index contributed by atoms with van der Waals surface area (Å²) in [7, 11) is 0. The van der Waals surface area contributed by atoms with Gasteiger partial charge in [0.1, 0.15) is 6.54 Å². The van der Waals surface area contributed by atoms with Crippen LogP contribution in [0, 0.1) is 6.92 Å². The lowest BCUT2D eigenvalue weighted by molar-refractivity contribution is -0.124. The molecule has 0 aliphatic carbocycles. The van der Waals surface area contributed by atoms with E-state index in [4.69, 9.17) is 11.6 Å². The summed E-state index contributed by atoms with van der Waals surface area (Å²) < 4.78 is 0. The Morgan fingerprint density at radius 1 is 1.17 bits per heavy atom. The van der Waals surface area contributed by atoms with Gasteiger partial charge < -0.3 is 10.2 Å².